The standard InChI is InChI=1S/C17H14O5/c1-10(18)22-17(2,16(19)20)11-7-8-15-13(9-11)12-5-3-4-6-14(12)21-15/h3-9H,1-2H3,(H,19,20). The van der Waals surface area contributed by atoms with Crippen LogP contribution in [0.4, 0.5) is 0 Å². The first-order valence-electron chi connectivity index (χ1n) is 6.76. The second-order valence-electron chi connectivity index (χ2n) is 5.24. The number of ether oxygens (including phenoxy) is 1. The van der Waals surface area contributed by atoms with Gasteiger partial charge < -0.3 is 14.3 Å². The number of para-hydroxylation sites is 1. The van der Waals surface area contributed by atoms with Gasteiger partial charge in [-0.3, -0.25) is 4.79 Å². The summed E-state index contributed by atoms with van der Waals surface area (Å²) in [5, 5.41) is 11.1. The second-order valence-corrected chi connectivity index (χ2v) is 5.24. The molecule has 112 valence electrons. The summed E-state index contributed by atoms with van der Waals surface area (Å²) in [5.41, 5.74) is 0.0206. The smallest absolute Gasteiger partial charge is 0.352 e. The Bertz CT molecular complexity index is 892. The first kappa shape index (κ1) is 14.1. The van der Waals surface area contributed by atoms with E-state index < -0.39 is 17.5 Å². The lowest BCUT2D eigenvalue weighted by molar-refractivity contribution is -0.176. The Kier molecular flexibility index (Phi) is 3.13. The normalized spacial score (nSPS) is 13.9. The summed E-state index contributed by atoms with van der Waals surface area (Å²) >= 11 is 0. The van der Waals surface area contributed by atoms with E-state index in [1.807, 2.05) is 24.3 Å². The van der Waals surface area contributed by atoms with Crippen LogP contribution in [0, 0.1) is 0 Å². The molecule has 2 aromatic carbocycles. The Hall–Kier alpha value is -2.82. The Morgan fingerprint density at radius 3 is 2.45 bits per heavy atom. The maximum Gasteiger partial charge on any atom is 0.352 e. The van der Waals surface area contributed by atoms with Gasteiger partial charge in [0.2, 0.25) is 5.60 Å². The Labute approximate surface area is 126 Å². The van der Waals surface area contributed by atoms with E-state index in [0.717, 1.165) is 16.4 Å². The molecule has 1 unspecified atom stereocenters. The van der Waals surface area contributed by atoms with E-state index in [9.17, 15) is 14.7 Å². The van der Waals surface area contributed by atoms with Crippen molar-refractivity contribution in [1.82, 2.24) is 0 Å². The Morgan fingerprint density at radius 1 is 1.09 bits per heavy atom. The summed E-state index contributed by atoms with van der Waals surface area (Å²) in [6, 6.07) is 12.5. The minimum Gasteiger partial charge on any atom is -0.478 e. The molecule has 0 fully saturated rings. The molecule has 0 amide bonds. The fourth-order valence-electron chi connectivity index (χ4n) is 2.54. The summed E-state index contributed by atoms with van der Waals surface area (Å²) in [7, 11) is 0. The van der Waals surface area contributed by atoms with Gasteiger partial charge in [-0.25, -0.2) is 4.79 Å². The van der Waals surface area contributed by atoms with Crippen molar-refractivity contribution in [3.8, 4) is 0 Å². The minimum absolute atomic E-state index is 0.384. The molecule has 22 heavy (non-hydrogen) atoms. The second kappa shape index (κ2) is 4.87. The molecule has 3 rings (SSSR count). The number of fused-ring (bicyclic) bond motifs is 3. The molecule has 3 aromatic rings. The first-order valence-corrected chi connectivity index (χ1v) is 6.76. The first-order chi connectivity index (χ1) is 10.4. The largest absolute Gasteiger partial charge is 0.478 e. The molecule has 0 aliphatic carbocycles. The molecule has 1 N–H and O–H groups in total. The number of rotatable bonds is 3. The summed E-state index contributed by atoms with van der Waals surface area (Å²) < 4.78 is 10.8. The average Bonchev–Trinajstić information content (AvgIpc) is 2.84. The van der Waals surface area contributed by atoms with Crippen LogP contribution >= 0.6 is 0 Å². The lowest BCUT2D eigenvalue weighted by atomic mass is 9.94. The van der Waals surface area contributed by atoms with Crippen molar-refractivity contribution in [1.29, 1.82) is 0 Å². The van der Waals surface area contributed by atoms with Crippen LogP contribution in [0.1, 0.15) is 19.4 Å². The molecule has 0 spiro atoms. The van der Waals surface area contributed by atoms with Gasteiger partial charge >= 0.3 is 11.9 Å². The molecule has 1 heterocycles. The molecule has 0 radical (unpaired) electrons. The van der Waals surface area contributed by atoms with Gasteiger partial charge in [-0.2, -0.15) is 0 Å². The number of aliphatic carboxylic acids is 1. The van der Waals surface area contributed by atoms with E-state index in [2.05, 4.69) is 0 Å². The number of furan rings is 1. The van der Waals surface area contributed by atoms with Crippen LogP contribution in [0.5, 0.6) is 0 Å². The van der Waals surface area contributed by atoms with E-state index in [1.54, 1.807) is 18.2 Å². The summed E-state index contributed by atoms with van der Waals surface area (Å²) in [6.07, 6.45) is 0. The number of carboxylic acid groups (broad SMARTS) is 1. The maximum absolute atomic E-state index is 11.6. The van der Waals surface area contributed by atoms with Gasteiger partial charge in [0.15, 0.2) is 0 Å². The predicted molar refractivity (Wildman–Crippen MR) is 80.5 cm³/mol. The van der Waals surface area contributed by atoms with E-state index >= 15 is 0 Å². The van der Waals surface area contributed by atoms with Gasteiger partial charge in [-0.15, -0.1) is 0 Å². The zero-order valence-electron chi connectivity index (χ0n) is 12.1. The van der Waals surface area contributed by atoms with Crippen LogP contribution in [0.15, 0.2) is 46.9 Å². The highest BCUT2D eigenvalue weighted by molar-refractivity contribution is 6.05. The molecular formula is C17H14O5. The van der Waals surface area contributed by atoms with Crippen LogP contribution in [0.3, 0.4) is 0 Å². The van der Waals surface area contributed by atoms with Gasteiger partial charge in [-0.1, -0.05) is 24.3 Å². The van der Waals surface area contributed by atoms with Gasteiger partial charge in [0.05, 0.1) is 0 Å². The Morgan fingerprint density at radius 2 is 1.77 bits per heavy atom. The van der Waals surface area contributed by atoms with E-state index in [0.29, 0.717) is 11.1 Å². The summed E-state index contributed by atoms with van der Waals surface area (Å²) in [5.74, 6) is -1.88. The maximum atomic E-state index is 11.6. The van der Waals surface area contributed by atoms with Crippen LogP contribution in [0.2, 0.25) is 0 Å². The van der Waals surface area contributed by atoms with Crippen molar-refractivity contribution in [2.24, 2.45) is 0 Å². The molecule has 1 atom stereocenters. The van der Waals surface area contributed by atoms with Crippen LogP contribution < -0.4 is 0 Å². The molecule has 5 heteroatoms. The number of carbonyl (C=O) groups excluding carboxylic acids is 1. The third kappa shape index (κ3) is 2.11. The lowest BCUT2D eigenvalue weighted by Crippen LogP contribution is -2.37. The Balaban J connectivity index is 2.24. The third-order valence-electron chi connectivity index (χ3n) is 3.68. The summed E-state index contributed by atoms with van der Waals surface area (Å²) in [4.78, 5) is 22.9. The van der Waals surface area contributed by atoms with Crippen molar-refractivity contribution in [2.45, 2.75) is 19.4 Å². The zero-order chi connectivity index (χ0) is 15.9. The van der Waals surface area contributed by atoms with Gasteiger partial charge in [0, 0.05) is 23.3 Å². The van der Waals surface area contributed by atoms with Crippen molar-refractivity contribution in [2.75, 3.05) is 0 Å². The highest BCUT2D eigenvalue weighted by Crippen LogP contribution is 2.33. The summed E-state index contributed by atoms with van der Waals surface area (Å²) in [6.45, 7) is 2.55. The van der Waals surface area contributed by atoms with Crippen LogP contribution in [0.25, 0.3) is 21.9 Å². The quantitative estimate of drug-likeness (QED) is 0.749. The average molecular weight is 298 g/mol. The lowest BCUT2D eigenvalue weighted by Gasteiger charge is -2.24. The molecule has 0 saturated carbocycles. The van der Waals surface area contributed by atoms with Crippen molar-refractivity contribution >= 4 is 33.9 Å². The van der Waals surface area contributed by atoms with Crippen molar-refractivity contribution < 1.29 is 23.8 Å². The third-order valence-corrected chi connectivity index (χ3v) is 3.68. The van der Waals surface area contributed by atoms with Gasteiger partial charge in [-0.05, 0) is 25.1 Å². The molecule has 5 nitrogen and oxygen atoms in total. The van der Waals surface area contributed by atoms with Crippen molar-refractivity contribution in [3.63, 3.8) is 0 Å². The topological polar surface area (TPSA) is 76.7 Å². The van der Waals surface area contributed by atoms with Crippen LogP contribution in [-0.2, 0) is 19.9 Å². The van der Waals surface area contributed by atoms with Gasteiger partial charge in [0.1, 0.15) is 11.2 Å². The fourth-order valence-corrected chi connectivity index (χ4v) is 2.54. The predicted octanol–water partition coefficient (Wildman–Crippen LogP) is 3.45. The van der Waals surface area contributed by atoms with E-state index in [4.69, 9.17) is 9.15 Å². The zero-order valence-corrected chi connectivity index (χ0v) is 12.1. The molecule has 0 aliphatic heterocycles. The molecule has 0 bridgehead atoms. The van der Waals surface area contributed by atoms with Crippen molar-refractivity contribution in [3.05, 3.63) is 48.0 Å². The van der Waals surface area contributed by atoms with Gasteiger partial charge in [0.25, 0.3) is 0 Å². The highest BCUT2D eigenvalue weighted by Gasteiger charge is 2.39. The number of esters is 1. The van der Waals surface area contributed by atoms with E-state index in [1.165, 1.54) is 13.8 Å². The van der Waals surface area contributed by atoms with E-state index in [-0.39, 0.29) is 0 Å². The number of hydrogen-bond acceptors (Lipinski definition) is 4. The number of carboxylic acids is 1. The highest BCUT2D eigenvalue weighted by atomic mass is 16.6. The molecular weight excluding hydrogens is 284 g/mol. The number of carbonyl (C=O) groups is 2. The number of hydrogen-bond donors (Lipinski definition) is 1. The molecule has 0 saturated heterocycles. The SMILES string of the molecule is CC(=O)OC(C)(C(=O)O)c1ccc2oc3ccccc3c2c1. The minimum atomic E-state index is -1.74. The molecule has 1 aromatic heterocycles. The van der Waals surface area contributed by atoms with Crippen LogP contribution in [-0.4, -0.2) is 17.0 Å². The fraction of sp³-hybridized carbons (Fsp3) is 0.176. The number of benzene rings is 2. The monoisotopic (exact) mass is 298 g/mol. The molecule has 0 aliphatic rings.